The Morgan fingerprint density at radius 1 is 1.57 bits per heavy atom. The molecule has 1 aromatic carbocycles. The van der Waals surface area contributed by atoms with Crippen molar-refractivity contribution in [1.82, 2.24) is 0 Å². The number of carbonyl (C=O) groups excluding carboxylic acids is 1. The number of Topliss-reactive ketones (excluding diaryl/α,β-unsaturated/α-hetero) is 1. The zero-order valence-electron chi connectivity index (χ0n) is 8.58. The molecule has 1 rings (SSSR count). The quantitative estimate of drug-likeness (QED) is 0.836. The van der Waals surface area contributed by atoms with E-state index in [9.17, 15) is 4.79 Å². The maximum absolute atomic E-state index is 10.9. The van der Waals surface area contributed by atoms with Crippen molar-refractivity contribution in [3.05, 3.63) is 35.4 Å². The average molecular weight is 265 g/mol. The molecular formula is C11H14NOY-. The van der Waals surface area contributed by atoms with Crippen molar-refractivity contribution in [2.24, 2.45) is 5.73 Å². The van der Waals surface area contributed by atoms with Crippen LogP contribution in [-0.4, -0.2) is 11.8 Å². The minimum Gasteiger partial charge on any atom is -0.322 e. The van der Waals surface area contributed by atoms with Gasteiger partial charge in [-0.05, 0) is 6.92 Å². The predicted octanol–water partition coefficient (Wildman–Crippen LogP) is 1.25. The van der Waals surface area contributed by atoms with Gasteiger partial charge in [-0.1, -0.05) is 13.3 Å². The average Bonchev–Trinajstić information content (AvgIpc) is 2.08. The van der Waals surface area contributed by atoms with E-state index in [0.29, 0.717) is 6.42 Å². The zero-order valence-corrected chi connectivity index (χ0v) is 11.4. The third-order valence-electron chi connectivity index (χ3n) is 2.01. The Kier molecular flexibility index (Phi) is 6.42. The Labute approximate surface area is 110 Å². The third kappa shape index (κ3) is 4.45. The molecule has 0 bridgehead atoms. The molecule has 0 aliphatic carbocycles. The van der Waals surface area contributed by atoms with Gasteiger partial charge in [-0.3, -0.25) is 4.79 Å². The smallest absolute Gasteiger partial charge is 0.145 e. The molecule has 3 heteroatoms. The summed E-state index contributed by atoms with van der Waals surface area (Å²) in [5, 5.41) is 0. The summed E-state index contributed by atoms with van der Waals surface area (Å²) in [4.78, 5) is 10.9. The molecule has 1 atom stereocenters. The summed E-state index contributed by atoms with van der Waals surface area (Å²) in [6, 6.07) is 8.54. The standard InChI is InChI=1S/C11H14NO.Y/c1-8-3-5-10(6-4-8)7-11(12)9(2)13;/h3,5-6,11H,7,12H2,1-2H3;/q-1;. The van der Waals surface area contributed by atoms with Crippen molar-refractivity contribution >= 4 is 5.78 Å². The van der Waals surface area contributed by atoms with E-state index in [0.717, 1.165) is 11.1 Å². The van der Waals surface area contributed by atoms with Crippen LogP contribution < -0.4 is 5.73 Å². The fourth-order valence-electron chi connectivity index (χ4n) is 1.06. The molecule has 0 fully saturated rings. The Morgan fingerprint density at radius 2 is 2.21 bits per heavy atom. The predicted molar refractivity (Wildman–Crippen MR) is 52.4 cm³/mol. The topological polar surface area (TPSA) is 43.1 Å². The molecule has 1 aromatic rings. The van der Waals surface area contributed by atoms with Gasteiger partial charge in [0.15, 0.2) is 0 Å². The first kappa shape index (κ1) is 14.0. The number of benzene rings is 1. The molecule has 0 aromatic heterocycles. The first-order chi connectivity index (χ1) is 6.09. The second kappa shape index (κ2) is 6.44. The summed E-state index contributed by atoms with van der Waals surface area (Å²) in [7, 11) is 0. The van der Waals surface area contributed by atoms with Crippen molar-refractivity contribution in [3.63, 3.8) is 0 Å². The zero-order chi connectivity index (χ0) is 9.84. The van der Waals surface area contributed by atoms with Crippen LogP contribution in [0.5, 0.6) is 0 Å². The molecule has 0 saturated heterocycles. The number of rotatable bonds is 3. The summed E-state index contributed by atoms with van der Waals surface area (Å²) in [6.07, 6.45) is 0.603. The summed E-state index contributed by atoms with van der Waals surface area (Å²) < 4.78 is 0. The molecule has 0 aliphatic rings. The minimum atomic E-state index is -0.379. The Morgan fingerprint density at radius 3 is 2.64 bits per heavy atom. The summed E-state index contributed by atoms with van der Waals surface area (Å²) in [5.41, 5.74) is 7.78. The minimum absolute atomic E-state index is 0. The fraction of sp³-hybridized carbons (Fsp3) is 0.364. The van der Waals surface area contributed by atoms with Gasteiger partial charge in [0, 0.05) is 32.7 Å². The van der Waals surface area contributed by atoms with Gasteiger partial charge in [0.25, 0.3) is 0 Å². The molecular weight excluding hydrogens is 251 g/mol. The molecule has 2 N–H and O–H groups in total. The summed E-state index contributed by atoms with van der Waals surface area (Å²) in [5.74, 6) is 0.0283. The van der Waals surface area contributed by atoms with Gasteiger partial charge in [-0.25, -0.2) is 0 Å². The first-order valence-corrected chi connectivity index (χ1v) is 4.33. The van der Waals surface area contributed by atoms with E-state index in [4.69, 9.17) is 5.73 Å². The van der Waals surface area contributed by atoms with Crippen LogP contribution >= 0.6 is 0 Å². The molecule has 0 heterocycles. The van der Waals surface area contributed by atoms with Crippen molar-refractivity contribution in [1.29, 1.82) is 0 Å². The fourth-order valence-corrected chi connectivity index (χ4v) is 1.06. The second-order valence-corrected chi connectivity index (χ2v) is 3.30. The van der Waals surface area contributed by atoms with E-state index in [1.54, 1.807) is 0 Å². The van der Waals surface area contributed by atoms with Crippen LogP contribution in [0, 0.1) is 13.0 Å². The van der Waals surface area contributed by atoms with E-state index in [1.165, 1.54) is 6.92 Å². The molecule has 0 spiro atoms. The van der Waals surface area contributed by atoms with Crippen molar-refractivity contribution in [2.45, 2.75) is 26.3 Å². The molecule has 0 amide bonds. The molecule has 1 unspecified atom stereocenters. The largest absolute Gasteiger partial charge is 0.322 e. The Balaban J connectivity index is 0.00000169. The van der Waals surface area contributed by atoms with Crippen LogP contribution in [0.2, 0.25) is 0 Å². The maximum atomic E-state index is 10.9. The van der Waals surface area contributed by atoms with E-state index >= 15 is 0 Å². The SMILES string of the molecule is CC(=O)C(N)Cc1c[c-]c(C)cc1.[Y]. The summed E-state index contributed by atoms with van der Waals surface area (Å²) in [6.45, 7) is 3.50. The Hall–Kier alpha value is -0.0461. The first-order valence-electron chi connectivity index (χ1n) is 4.33. The maximum Gasteiger partial charge on any atom is 0.145 e. The molecule has 1 radical (unpaired) electrons. The van der Waals surface area contributed by atoms with Gasteiger partial charge in [-0.2, -0.15) is 35.4 Å². The number of carbonyl (C=O) groups is 1. The normalized spacial score (nSPS) is 11.6. The van der Waals surface area contributed by atoms with E-state index < -0.39 is 0 Å². The van der Waals surface area contributed by atoms with Gasteiger partial charge in [0.1, 0.15) is 5.78 Å². The molecule has 2 nitrogen and oxygen atoms in total. The van der Waals surface area contributed by atoms with Crippen LogP contribution in [0.25, 0.3) is 0 Å². The number of nitrogens with two attached hydrogens (primary N) is 1. The van der Waals surface area contributed by atoms with Gasteiger partial charge >= 0.3 is 0 Å². The molecule has 0 aliphatic heterocycles. The van der Waals surface area contributed by atoms with Gasteiger partial charge < -0.3 is 5.73 Å². The number of aryl methyl sites for hydroxylation is 1. The van der Waals surface area contributed by atoms with E-state index in [1.807, 2.05) is 25.1 Å². The van der Waals surface area contributed by atoms with Crippen LogP contribution in [-0.2, 0) is 43.9 Å². The number of hydrogen-bond acceptors (Lipinski definition) is 2. The van der Waals surface area contributed by atoms with Crippen LogP contribution in [0.4, 0.5) is 0 Å². The van der Waals surface area contributed by atoms with Crippen molar-refractivity contribution < 1.29 is 37.5 Å². The van der Waals surface area contributed by atoms with Gasteiger partial charge in [0.05, 0.1) is 6.04 Å². The third-order valence-corrected chi connectivity index (χ3v) is 2.01. The van der Waals surface area contributed by atoms with Crippen LogP contribution in [0.1, 0.15) is 18.1 Å². The van der Waals surface area contributed by atoms with E-state index in [-0.39, 0.29) is 44.5 Å². The second-order valence-electron chi connectivity index (χ2n) is 3.30. The molecule has 0 saturated carbocycles. The van der Waals surface area contributed by atoms with Gasteiger partial charge in [-0.15, -0.1) is 0 Å². The monoisotopic (exact) mass is 265 g/mol. The number of ketones is 1. The van der Waals surface area contributed by atoms with E-state index in [2.05, 4.69) is 6.07 Å². The molecule has 14 heavy (non-hydrogen) atoms. The van der Waals surface area contributed by atoms with Crippen molar-refractivity contribution in [2.75, 3.05) is 0 Å². The van der Waals surface area contributed by atoms with Crippen LogP contribution in [0.15, 0.2) is 18.2 Å². The van der Waals surface area contributed by atoms with Crippen molar-refractivity contribution in [3.8, 4) is 0 Å². The Bertz CT molecular complexity index is 295. The number of hydrogen-bond donors (Lipinski definition) is 1. The summed E-state index contributed by atoms with van der Waals surface area (Å²) >= 11 is 0. The molecule has 73 valence electrons. The van der Waals surface area contributed by atoms with Gasteiger partial charge in [0.2, 0.25) is 0 Å². The van der Waals surface area contributed by atoms with Crippen LogP contribution in [0.3, 0.4) is 0 Å².